The molecule has 0 aliphatic carbocycles. The van der Waals surface area contributed by atoms with Gasteiger partial charge in [-0.3, -0.25) is 4.79 Å². The van der Waals surface area contributed by atoms with Gasteiger partial charge in [-0.25, -0.2) is 9.07 Å². The van der Waals surface area contributed by atoms with E-state index < -0.39 is 0 Å². The predicted octanol–water partition coefficient (Wildman–Crippen LogP) is 4.82. The van der Waals surface area contributed by atoms with Gasteiger partial charge in [0.2, 0.25) is 5.78 Å². The largest absolute Gasteiger partial charge is 0.287 e. The van der Waals surface area contributed by atoms with Gasteiger partial charge in [-0.1, -0.05) is 17.7 Å². The SMILES string of the molecule is Cc1nn(-c2ccc(F)cc2)c(Cl)c1/C=C(\C#N)C(=O)c1cccs1. The van der Waals surface area contributed by atoms with Gasteiger partial charge in [-0.2, -0.15) is 10.4 Å². The molecule has 2 aromatic heterocycles. The van der Waals surface area contributed by atoms with Crippen molar-refractivity contribution >= 4 is 34.8 Å². The number of ketones is 1. The molecule has 0 fully saturated rings. The third kappa shape index (κ3) is 3.38. The molecule has 0 atom stereocenters. The fourth-order valence-corrected chi connectivity index (χ4v) is 3.27. The summed E-state index contributed by atoms with van der Waals surface area (Å²) in [5.74, 6) is -0.723. The Bertz CT molecular complexity index is 998. The molecule has 7 heteroatoms. The summed E-state index contributed by atoms with van der Waals surface area (Å²) < 4.78 is 14.5. The monoisotopic (exact) mass is 371 g/mol. The normalized spacial score (nSPS) is 11.4. The fourth-order valence-electron chi connectivity index (χ4n) is 2.26. The number of nitriles is 1. The van der Waals surface area contributed by atoms with Crippen molar-refractivity contribution in [3.05, 3.63) is 74.5 Å². The van der Waals surface area contributed by atoms with Crippen LogP contribution in [0, 0.1) is 24.1 Å². The van der Waals surface area contributed by atoms with Crippen LogP contribution in [-0.4, -0.2) is 15.6 Å². The van der Waals surface area contributed by atoms with Crippen molar-refractivity contribution < 1.29 is 9.18 Å². The van der Waals surface area contributed by atoms with Crippen LogP contribution in [0.1, 0.15) is 20.9 Å². The number of aryl methyl sites for hydroxylation is 1. The zero-order chi connectivity index (χ0) is 18.0. The first-order valence-corrected chi connectivity index (χ1v) is 8.48. The lowest BCUT2D eigenvalue weighted by Gasteiger charge is -2.02. The van der Waals surface area contributed by atoms with Gasteiger partial charge in [0, 0.05) is 5.56 Å². The Morgan fingerprint density at radius 1 is 1.36 bits per heavy atom. The molecule has 0 saturated heterocycles. The quantitative estimate of drug-likeness (QED) is 0.375. The van der Waals surface area contributed by atoms with E-state index in [1.54, 1.807) is 36.6 Å². The lowest BCUT2D eigenvalue weighted by Crippen LogP contribution is -1.99. The number of Topliss-reactive ketones (excluding diaryl/α,β-unsaturated/α-hetero) is 1. The average Bonchev–Trinajstić information content (AvgIpc) is 3.23. The Morgan fingerprint density at radius 3 is 2.68 bits per heavy atom. The Labute approximate surface area is 152 Å². The molecular formula is C18H11ClFN3OS. The van der Waals surface area contributed by atoms with Crippen LogP contribution in [0.4, 0.5) is 4.39 Å². The summed E-state index contributed by atoms with van der Waals surface area (Å²) in [7, 11) is 0. The van der Waals surface area contributed by atoms with Crippen LogP contribution in [0.15, 0.2) is 47.4 Å². The second-order valence-corrected chi connectivity index (χ2v) is 6.46. The van der Waals surface area contributed by atoms with Gasteiger partial charge in [-0.15, -0.1) is 11.3 Å². The van der Waals surface area contributed by atoms with Crippen molar-refractivity contribution in [2.45, 2.75) is 6.92 Å². The number of hydrogen-bond donors (Lipinski definition) is 0. The third-order valence-corrected chi connectivity index (χ3v) is 4.75. The van der Waals surface area contributed by atoms with Crippen LogP contribution < -0.4 is 0 Å². The molecule has 0 saturated carbocycles. The number of thiophene rings is 1. The highest BCUT2D eigenvalue weighted by atomic mass is 35.5. The van der Waals surface area contributed by atoms with E-state index >= 15 is 0 Å². The number of allylic oxidation sites excluding steroid dienone is 1. The highest BCUT2D eigenvalue weighted by Gasteiger charge is 2.18. The Balaban J connectivity index is 2.04. The molecule has 2 heterocycles. The number of benzene rings is 1. The minimum atomic E-state index is -0.364. The molecule has 4 nitrogen and oxygen atoms in total. The van der Waals surface area contributed by atoms with Crippen molar-refractivity contribution in [3.8, 4) is 11.8 Å². The van der Waals surface area contributed by atoms with Crippen LogP contribution in [0.25, 0.3) is 11.8 Å². The van der Waals surface area contributed by atoms with Gasteiger partial charge < -0.3 is 0 Å². The van der Waals surface area contributed by atoms with Crippen LogP contribution in [0.3, 0.4) is 0 Å². The Morgan fingerprint density at radius 2 is 2.08 bits per heavy atom. The van der Waals surface area contributed by atoms with Crippen LogP contribution in [0.5, 0.6) is 0 Å². The summed E-state index contributed by atoms with van der Waals surface area (Å²) in [6, 6.07) is 11.0. The first-order chi connectivity index (χ1) is 12.0. The Kier molecular flexibility index (Phi) is 4.79. The molecule has 124 valence electrons. The van der Waals surface area contributed by atoms with E-state index in [1.807, 2.05) is 6.07 Å². The molecule has 0 aliphatic heterocycles. The zero-order valence-corrected chi connectivity index (χ0v) is 14.6. The van der Waals surface area contributed by atoms with Gasteiger partial charge in [0.05, 0.1) is 16.3 Å². The highest BCUT2D eigenvalue weighted by Crippen LogP contribution is 2.27. The van der Waals surface area contributed by atoms with Crippen molar-refractivity contribution in [1.82, 2.24) is 9.78 Å². The first kappa shape index (κ1) is 17.1. The minimum absolute atomic E-state index is 0.0221. The molecular weight excluding hydrogens is 361 g/mol. The minimum Gasteiger partial charge on any atom is -0.287 e. The zero-order valence-electron chi connectivity index (χ0n) is 13.0. The van der Waals surface area contributed by atoms with Gasteiger partial charge in [0.25, 0.3) is 0 Å². The molecule has 0 bridgehead atoms. The number of rotatable bonds is 4. The molecule has 3 aromatic rings. The number of aromatic nitrogens is 2. The molecule has 0 unspecified atom stereocenters. The number of carbonyl (C=O) groups is 1. The summed E-state index contributed by atoms with van der Waals surface area (Å²) in [6.07, 6.45) is 1.44. The molecule has 25 heavy (non-hydrogen) atoms. The van der Waals surface area contributed by atoms with E-state index in [0.29, 0.717) is 21.8 Å². The topological polar surface area (TPSA) is 58.7 Å². The summed E-state index contributed by atoms with van der Waals surface area (Å²) in [4.78, 5) is 12.9. The summed E-state index contributed by atoms with van der Waals surface area (Å²) in [5, 5.41) is 15.7. The molecule has 0 radical (unpaired) electrons. The average molecular weight is 372 g/mol. The van der Waals surface area contributed by atoms with E-state index in [9.17, 15) is 14.4 Å². The number of carbonyl (C=O) groups excluding carboxylic acids is 1. The van der Waals surface area contributed by atoms with Gasteiger partial charge in [-0.05, 0) is 48.7 Å². The molecule has 3 rings (SSSR count). The van der Waals surface area contributed by atoms with Gasteiger partial charge in [0.1, 0.15) is 22.6 Å². The van der Waals surface area contributed by atoms with E-state index in [-0.39, 0.29) is 22.3 Å². The predicted molar refractivity (Wildman–Crippen MR) is 95.5 cm³/mol. The van der Waals surface area contributed by atoms with E-state index in [0.717, 1.165) is 0 Å². The van der Waals surface area contributed by atoms with Crippen molar-refractivity contribution in [2.75, 3.05) is 0 Å². The number of halogens is 2. The summed E-state index contributed by atoms with van der Waals surface area (Å²) in [6.45, 7) is 1.72. The highest BCUT2D eigenvalue weighted by molar-refractivity contribution is 7.12. The lowest BCUT2D eigenvalue weighted by molar-refractivity contribution is 0.104. The molecule has 0 amide bonds. The molecule has 0 N–H and O–H groups in total. The smallest absolute Gasteiger partial charge is 0.213 e. The van der Waals surface area contributed by atoms with E-state index in [1.165, 1.54) is 34.2 Å². The maximum atomic E-state index is 13.1. The number of hydrogen-bond acceptors (Lipinski definition) is 4. The number of nitrogens with zero attached hydrogens (tertiary/aromatic N) is 3. The lowest BCUT2D eigenvalue weighted by atomic mass is 10.1. The van der Waals surface area contributed by atoms with Gasteiger partial charge >= 0.3 is 0 Å². The van der Waals surface area contributed by atoms with E-state index in [4.69, 9.17) is 11.6 Å². The van der Waals surface area contributed by atoms with Gasteiger partial charge in [0.15, 0.2) is 0 Å². The van der Waals surface area contributed by atoms with Crippen molar-refractivity contribution in [1.29, 1.82) is 5.26 Å². The van der Waals surface area contributed by atoms with Crippen LogP contribution in [0.2, 0.25) is 5.15 Å². The summed E-state index contributed by atoms with van der Waals surface area (Å²) in [5.41, 5.74) is 1.59. The first-order valence-electron chi connectivity index (χ1n) is 7.22. The van der Waals surface area contributed by atoms with Crippen LogP contribution >= 0.6 is 22.9 Å². The van der Waals surface area contributed by atoms with E-state index in [2.05, 4.69) is 5.10 Å². The second kappa shape index (κ2) is 7.01. The van der Waals surface area contributed by atoms with Crippen molar-refractivity contribution in [3.63, 3.8) is 0 Å². The maximum Gasteiger partial charge on any atom is 0.213 e. The molecule has 0 spiro atoms. The molecule has 1 aromatic carbocycles. The fraction of sp³-hybridized carbons (Fsp3) is 0.0556. The second-order valence-electron chi connectivity index (χ2n) is 5.15. The van der Waals surface area contributed by atoms with Crippen molar-refractivity contribution in [2.24, 2.45) is 0 Å². The summed E-state index contributed by atoms with van der Waals surface area (Å²) >= 11 is 7.64. The van der Waals surface area contributed by atoms with Crippen LogP contribution in [-0.2, 0) is 0 Å². The Hall–Kier alpha value is -2.75. The third-order valence-electron chi connectivity index (χ3n) is 3.52. The standard InChI is InChI=1S/C18H11ClFN3OS/c1-11-15(9-12(10-21)17(24)16-3-2-8-25-16)18(19)23(22-11)14-6-4-13(20)5-7-14/h2-9H,1H3/b12-9+. The maximum absolute atomic E-state index is 13.1. The molecule has 0 aliphatic rings.